The highest BCUT2D eigenvalue weighted by Gasteiger charge is 2.36. The summed E-state index contributed by atoms with van der Waals surface area (Å²) in [5.74, 6) is -0.356. The molecule has 6 heteroatoms. The van der Waals surface area contributed by atoms with Crippen LogP contribution in [0.25, 0.3) is 0 Å². The minimum atomic E-state index is -0.377. The number of carbonyl (C=O) groups excluding carboxylic acids is 2. The molecule has 3 rings (SSSR count). The quantitative estimate of drug-likeness (QED) is 0.623. The van der Waals surface area contributed by atoms with Gasteiger partial charge >= 0.3 is 5.97 Å². The van der Waals surface area contributed by atoms with Crippen LogP contribution in [0.4, 0.5) is 0 Å². The lowest BCUT2D eigenvalue weighted by molar-refractivity contribution is 0.0525. The number of nitrogens with zero attached hydrogens (tertiary/aromatic N) is 2. The third-order valence-electron chi connectivity index (χ3n) is 5.66. The van der Waals surface area contributed by atoms with Crippen LogP contribution in [0.2, 0.25) is 0 Å². The first-order chi connectivity index (χ1) is 12.9. The fourth-order valence-electron chi connectivity index (χ4n) is 4.26. The van der Waals surface area contributed by atoms with Crippen LogP contribution >= 0.6 is 0 Å². The summed E-state index contributed by atoms with van der Waals surface area (Å²) in [7, 11) is 2.04. The number of nitrogens with one attached hydrogen (secondary N) is 1. The van der Waals surface area contributed by atoms with E-state index < -0.39 is 0 Å². The van der Waals surface area contributed by atoms with Crippen molar-refractivity contribution >= 4 is 11.8 Å². The molecule has 0 radical (unpaired) electrons. The monoisotopic (exact) mass is 371 g/mol. The van der Waals surface area contributed by atoms with Crippen molar-refractivity contribution < 1.29 is 14.3 Å². The zero-order valence-corrected chi connectivity index (χ0v) is 16.8. The summed E-state index contributed by atoms with van der Waals surface area (Å²) in [6.07, 6.45) is 4.17. The Labute approximate surface area is 160 Å². The zero-order chi connectivity index (χ0) is 19.7. The Bertz CT molecular complexity index is 849. The van der Waals surface area contributed by atoms with E-state index in [4.69, 9.17) is 4.74 Å². The summed E-state index contributed by atoms with van der Waals surface area (Å²) >= 11 is 0. The van der Waals surface area contributed by atoms with Gasteiger partial charge in [-0.25, -0.2) is 4.79 Å². The topological polar surface area (TPSA) is 67.3 Å². The molecule has 1 aliphatic heterocycles. The first-order valence-corrected chi connectivity index (χ1v) is 9.64. The number of H-pyrrole nitrogens is 1. The highest BCUT2D eigenvalue weighted by atomic mass is 16.5. The fraction of sp³-hybridized carbons (Fsp3) is 0.524. The third kappa shape index (κ3) is 3.46. The summed E-state index contributed by atoms with van der Waals surface area (Å²) in [6, 6.07) is 4.15. The Hall–Kier alpha value is -2.34. The number of hydrogen-bond acceptors (Lipinski definition) is 4. The maximum absolute atomic E-state index is 13.3. The number of carbonyl (C=O) groups is 2. The number of Topliss-reactive ketones (excluding diaryl/α,β-unsaturated/α-hetero) is 1. The summed E-state index contributed by atoms with van der Waals surface area (Å²) in [5.41, 5.74) is 3.59. The normalized spacial score (nSPS) is 18.6. The van der Waals surface area contributed by atoms with Gasteiger partial charge in [-0.05, 0) is 64.8 Å². The SMILES string of the molecule is CCOC(=O)c1c(C)[nH]c(C(=O)[C@@H](C)N2CCC[C@@H]2c2cccn2C)c1C. The molecule has 1 N–H and O–H groups in total. The van der Waals surface area contributed by atoms with Crippen LogP contribution in [0.1, 0.15) is 70.5 Å². The average Bonchev–Trinajstić information content (AvgIpc) is 3.32. The van der Waals surface area contributed by atoms with Gasteiger partial charge in [-0.15, -0.1) is 0 Å². The van der Waals surface area contributed by atoms with Gasteiger partial charge in [0.2, 0.25) is 0 Å². The van der Waals surface area contributed by atoms with Crippen molar-refractivity contribution in [2.75, 3.05) is 13.2 Å². The number of aryl methyl sites for hydroxylation is 2. The Morgan fingerprint density at radius 2 is 2.11 bits per heavy atom. The number of aromatic amines is 1. The Morgan fingerprint density at radius 3 is 2.74 bits per heavy atom. The van der Waals surface area contributed by atoms with Gasteiger partial charge in [0.25, 0.3) is 0 Å². The van der Waals surface area contributed by atoms with Crippen LogP contribution in [0.15, 0.2) is 18.3 Å². The molecule has 146 valence electrons. The molecular formula is C21H29N3O3. The van der Waals surface area contributed by atoms with E-state index in [0.717, 1.165) is 19.4 Å². The highest BCUT2D eigenvalue weighted by molar-refractivity contribution is 6.03. The predicted molar refractivity (Wildman–Crippen MR) is 104 cm³/mol. The van der Waals surface area contributed by atoms with Crippen LogP contribution in [-0.4, -0.2) is 45.4 Å². The molecule has 2 aromatic heterocycles. The summed E-state index contributed by atoms with van der Waals surface area (Å²) in [4.78, 5) is 30.9. The molecular weight excluding hydrogens is 342 g/mol. The minimum Gasteiger partial charge on any atom is -0.462 e. The average molecular weight is 371 g/mol. The molecule has 2 aromatic rings. The fourth-order valence-corrected chi connectivity index (χ4v) is 4.26. The number of aromatic nitrogens is 2. The van der Waals surface area contributed by atoms with E-state index in [1.54, 1.807) is 6.92 Å². The Kier molecular flexibility index (Phi) is 5.56. The van der Waals surface area contributed by atoms with Gasteiger partial charge in [-0.2, -0.15) is 0 Å². The van der Waals surface area contributed by atoms with E-state index in [0.29, 0.717) is 29.1 Å². The molecule has 6 nitrogen and oxygen atoms in total. The van der Waals surface area contributed by atoms with Crippen molar-refractivity contribution in [1.82, 2.24) is 14.5 Å². The maximum Gasteiger partial charge on any atom is 0.340 e. The van der Waals surface area contributed by atoms with Crippen LogP contribution < -0.4 is 0 Å². The van der Waals surface area contributed by atoms with E-state index >= 15 is 0 Å². The Balaban J connectivity index is 1.86. The summed E-state index contributed by atoms with van der Waals surface area (Å²) in [6.45, 7) is 8.57. The largest absolute Gasteiger partial charge is 0.462 e. The third-order valence-corrected chi connectivity index (χ3v) is 5.66. The van der Waals surface area contributed by atoms with Crippen molar-refractivity contribution in [3.8, 4) is 0 Å². The number of rotatable bonds is 6. The highest BCUT2D eigenvalue weighted by Crippen LogP contribution is 2.34. The minimum absolute atomic E-state index is 0.0206. The number of ketones is 1. The molecule has 0 amide bonds. The zero-order valence-electron chi connectivity index (χ0n) is 16.8. The van der Waals surface area contributed by atoms with Gasteiger partial charge in [0.15, 0.2) is 5.78 Å². The first-order valence-electron chi connectivity index (χ1n) is 9.64. The van der Waals surface area contributed by atoms with E-state index in [9.17, 15) is 9.59 Å². The van der Waals surface area contributed by atoms with Crippen molar-refractivity contribution in [1.29, 1.82) is 0 Å². The number of ether oxygens (including phenoxy) is 1. The molecule has 3 heterocycles. The second-order valence-electron chi connectivity index (χ2n) is 7.33. The van der Waals surface area contributed by atoms with Crippen LogP contribution in [0.3, 0.4) is 0 Å². The molecule has 27 heavy (non-hydrogen) atoms. The molecule has 0 aliphatic carbocycles. The number of likely N-dealkylation sites (tertiary alicyclic amines) is 1. The van der Waals surface area contributed by atoms with Crippen LogP contribution in [0, 0.1) is 13.8 Å². The smallest absolute Gasteiger partial charge is 0.340 e. The summed E-state index contributed by atoms with van der Waals surface area (Å²) < 4.78 is 7.27. The van der Waals surface area contributed by atoms with E-state index in [1.807, 2.05) is 40.1 Å². The van der Waals surface area contributed by atoms with Gasteiger partial charge in [0.05, 0.1) is 29.9 Å². The lowest BCUT2D eigenvalue weighted by Gasteiger charge is -2.30. The standard InChI is InChI=1S/C21H29N3O3/c1-6-27-21(26)18-13(2)19(22-14(18)3)20(25)15(4)24-12-8-10-17(24)16-9-7-11-23(16)5/h7,9,11,15,17,22H,6,8,10,12H2,1-5H3/t15-,17-/m1/s1. The van der Waals surface area contributed by atoms with Crippen LogP contribution in [0.5, 0.6) is 0 Å². The van der Waals surface area contributed by atoms with Crippen molar-refractivity contribution in [3.05, 3.63) is 46.5 Å². The predicted octanol–water partition coefficient (Wildman–Crippen LogP) is 3.56. The number of hydrogen-bond donors (Lipinski definition) is 1. The molecule has 0 saturated carbocycles. The molecule has 0 bridgehead atoms. The van der Waals surface area contributed by atoms with Gasteiger partial charge in [-0.3, -0.25) is 9.69 Å². The number of esters is 1. The second kappa shape index (κ2) is 7.72. The lowest BCUT2D eigenvalue weighted by Crippen LogP contribution is -2.39. The Morgan fingerprint density at radius 1 is 1.37 bits per heavy atom. The van der Waals surface area contributed by atoms with Gasteiger partial charge < -0.3 is 14.3 Å². The maximum atomic E-state index is 13.3. The van der Waals surface area contributed by atoms with Crippen LogP contribution in [-0.2, 0) is 11.8 Å². The molecule has 0 unspecified atom stereocenters. The molecule has 2 atom stereocenters. The molecule has 1 saturated heterocycles. The first kappa shape index (κ1) is 19.4. The van der Waals surface area contributed by atoms with Gasteiger partial charge in [0, 0.05) is 24.6 Å². The molecule has 0 aromatic carbocycles. The lowest BCUT2D eigenvalue weighted by atomic mass is 10.0. The van der Waals surface area contributed by atoms with Crippen molar-refractivity contribution in [2.45, 2.75) is 52.6 Å². The van der Waals surface area contributed by atoms with Gasteiger partial charge in [0.1, 0.15) is 0 Å². The van der Waals surface area contributed by atoms with Crippen molar-refractivity contribution in [3.63, 3.8) is 0 Å². The van der Waals surface area contributed by atoms with Crippen molar-refractivity contribution in [2.24, 2.45) is 7.05 Å². The molecule has 1 fully saturated rings. The van der Waals surface area contributed by atoms with Gasteiger partial charge in [-0.1, -0.05) is 0 Å². The molecule has 1 aliphatic rings. The van der Waals surface area contributed by atoms with E-state index in [2.05, 4.69) is 20.5 Å². The second-order valence-corrected chi connectivity index (χ2v) is 7.33. The molecule has 0 spiro atoms. The summed E-state index contributed by atoms with van der Waals surface area (Å²) in [5, 5.41) is 0. The van der Waals surface area contributed by atoms with E-state index in [1.165, 1.54) is 5.69 Å². The van der Waals surface area contributed by atoms with E-state index in [-0.39, 0.29) is 23.8 Å².